The fraction of sp³-hybridized carbons (Fsp3) is 0. The van der Waals surface area contributed by atoms with Gasteiger partial charge in [-0.05, 0) is 155 Å². The average molecular weight is 1880 g/mol. The molecule has 0 bridgehead atoms. The van der Waals surface area contributed by atoms with Crippen molar-refractivity contribution in [3.05, 3.63) is 443 Å². The van der Waals surface area contributed by atoms with Crippen molar-refractivity contribution in [3.63, 3.8) is 0 Å². The van der Waals surface area contributed by atoms with Gasteiger partial charge in [-0.15, -0.1) is 0 Å². The van der Waals surface area contributed by atoms with Crippen molar-refractivity contribution in [2.75, 3.05) is 0 Å². The summed E-state index contributed by atoms with van der Waals surface area (Å²) in [5.74, 6) is 5.48. The van der Waals surface area contributed by atoms with E-state index in [9.17, 15) is 0 Å². The molecule has 0 spiro atoms. The van der Waals surface area contributed by atoms with Crippen molar-refractivity contribution >= 4 is 176 Å². The third-order valence-corrected chi connectivity index (χ3v) is 27.6. The highest BCUT2D eigenvalue weighted by Gasteiger charge is 2.25. The minimum Gasteiger partial charge on any atom is -0.456 e. The van der Waals surface area contributed by atoms with Crippen molar-refractivity contribution in [1.82, 2.24) is 44.9 Å². The molecule has 0 atom stereocenters. The second-order valence-corrected chi connectivity index (χ2v) is 36.5. The van der Waals surface area contributed by atoms with Crippen LogP contribution in [0.2, 0.25) is 0 Å². The number of hydrogen-bond donors (Lipinski definition) is 0. The van der Waals surface area contributed by atoms with Crippen molar-refractivity contribution in [3.8, 4) is 136 Å². The van der Waals surface area contributed by atoms with Crippen molar-refractivity contribution in [2.45, 2.75) is 0 Å². The lowest BCUT2D eigenvalue weighted by Crippen LogP contribution is -2.00. The first-order valence-corrected chi connectivity index (χ1v) is 48.2. The standard InChI is InChI=1S/2C45H25N3O3.C39H23N3O2/c1-2-10-26(11-3-1)43-46-44(48-45(47-43)32-16-9-19-39-42(32)31-15-5-7-18-37(31)49-39)29-13-8-12-27(22-29)28-20-21-38-33(23-28)35-24-34-30-14-4-6-17-36(30)50-40(34)25-41(35)51-38;1-2-9-26(10-3-1)43-46-44(48-45(47-43)30-17-19-33-31-13-4-6-15-37(31)49-40(33)23-30)29-12-8-11-27(21-29)28-18-20-39-34(22-28)36-24-35-32-14-5-7-16-38(32)50-41(35)25-42(36)51-39;1-3-10-24(11-4-1)37-40-38(25-12-5-2-6-13-25)42-39(41-37)28-15-9-14-26(20-28)27-18-19-34-30(21-27)32-22-31-29-16-7-8-17-33(29)43-35(31)23-36(32)44-34/h2*1-25H;1-23H. The molecule has 20 aromatic carbocycles. The van der Waals surface area contributed by atoms with Gasteiger partial charge in [0.2, 0.25) is 0 Å². The lowest BCUT2D eigenvalue weighted by molar-refractivity contribution is 0.655. The molecule has 31 rings (SSSR count). The number of benzene rings is 20. The average Bonchev–Trinajstić information content (AvgIpc) is 1.59. The van der Waals surface area contributed by atoms with Crippen LogP contribution in [-0.4, -0.2) is 44.9 Å². The van der Waals surface area contributed by atoms with E-state index in [2.05, 4.69) is 170 Å². The Hall–Kier alpha value is -20.2. The van der Waals surface area contributed by atoms with E-state index >= 15 is 0 Å². The zero-order valence-corrected chi connectivity index (χ0v) is 77.4. The van der Waals surface area contributed by atoms with Gasteiger partial charge in [-0.3, -0.25) is 0 Å². The molecular weight excluding hydrogens is 1800 g/mol. The van der Waals surface area contributed by atoms with Gasteiger partial charge in [0.15, 0.2) is 52.4 Å². The molecular formula is C129H73N9O8. The zero-order valence-electron chi connectivity index (χ0n) is 77.4. The van der Waals surface area contributed by atoms with E-state index in [1.54, 1.807) is 0 Å². The number of nitrogens with zero attached hydrogens (tertiary/aromatic N) is 9. The molecule has 146 heavy (non-hydrogen) atoms. The van der Waals surface area contributed by atoms with Crippen molar-refractivity contribution < 1.29 is 35.3 Å². The van der Waals surface area contributed by atoms with Gasteiger partial charge in [-0.25, -0.2) is 44.9 Å². The van der Waals surface area contributed by atoms with Crippen molar-refractivity contribution in [2.24, 2.45) is 0 Å². The van der Waals surface area contributed by atoms with Gasteiger partial charge in [0.1, 0.15) is 89.3 Å². The number of furan rings is 8. The maximum Gasteiger partial charge on any atom is 0.164 e. The molecule has 0 saturated heterocycles. The lowest BCUT2D eigenvalue weighted by Gasteiger charge is -2.10. The highest BCUT2D eigenvalue weighted by molar-refractivity contribution is 6.20. The van der Waals surface area contributed by atoms with Gasteiger partial charge in [0.25, 0.3) is 0 Å². The molecule has 0 unspecified atom stereocenters. The molecule has 0 N–H and O–H groups in total. The molecule has 17 nitrogen and oxygen atoms in total. The summed E-state index contributed by atoms with van der Waals surface area (Å²) in [6.45, 7) is 0. The first-order chi connectivity index (χ1) is 72.2. The third kappa shape index (κ3) is 14.5. The number of para-hydroxylation sites is 5. The van der Waals surface area contributed by atoms with Crippen LogP contribution >= 0.6 is 0 Å². The molecule has 11 heterocycles. The minimum absolute atomic E-state index is 0.580. The first kappa shape index (κ1) is 82.9. The molecule has 682 valence electrons. The van der Waals surface area contributed by atoms with Crippen LogP contribution in [0.25, 0.3) is 311 Å². The smallest absolute Gasteiger partial charge is 0.164 e. The topological polar surface area (TPSA) is 221 Å². The fourth-order valence-corrected chi connectivity index (χ4v) is 20.5. The van der Waals surface area contributed by atoms with Crippen LogP contribution < -0.4 is 0 Å². The van der Waals surface area contributed by atoms with E-state index in [-0.39, 0.29) is 0 Å². The molecule has 0 amide bonds. The predicted octanol–water partition coefficient (Wildman–Crippen LogP) is 34.8. The first-order valence-electron chi connectivity index (χ1n) is 48.2. The van der Waals surface area contributed by atoms with Crippen LogP contribution in [0.1, 0.15) is 0 Å². The van der Waals surface area contributed by atoms with Gasteiger partial charge >= 0.3 is 0 Å². The van der Waals surface area contributed by atoms with E-state index < -0.39 is 0 Å². The Bertz CT molecular complexity index is 10700. The second kappa shape index (κ2) is 33.8. The zero-order chi connectivity index (χ0) is 96.0. The van der Waals surface area contributed by atoms with Crippen LogP contribution in [0.4, 0.5) is 0 Å². The van der Waals surface area contributed by atoms with Gasteiger partial charge in [0.05, 0.1) is 0 Å². The third-order valence-electron chi connectivity index (χ3n) is 27.6. The number of fused-ring (bicyclic) bond motifs is 24. The monoisotopic (exact) mass is 1880 g/mol. The van der Waals surface area contributed by atoms with Crippen LogP contribution in [0.5, 0.6) is 0 Å². The Kier molecular flexibility index (Phi) is 19.2. The number of aromatic nitrogens is 9. The highest BCUT2D eigenvalue weighted by atomic mass is 16.4. The van der Waals surface area contributed by atoms with Gasteiger partial charge in [-0.1, -0.05) is 303 Å². The van der Waals surface area contributed by atoms with Gasteiger partial charge < -0.3 is 35.3 Å². The van der Waals surface area contributed by atoms with E-state index in [0.717, 1.165) is 259 Å². The van der Waals surface area contributed by atoms with Gasteiger partial charge in [-0.2, -0.15) is 0 Å². The molecule has 0 fully saturated rings. The summed E-state index contributed by atoms with van der Waals surface area (Å²) in [5, 5.41) is 17.0. The minimum atomic E-state index is 0.580. The highest BCUT2D eigenvalue weighted by Crippen LogP contribution is 2.46. The largest absolute Gasteiger partial charge is 0.456 e. The molecule has 17 heteroatoms. The Morgan fingerprint density at radius 3 is 0.651 bits per heavy atom. The van der Waals surface area contributed by atoms with E-state index in [0.29, 0.717) is 52.4 Å². The maximum absolute atomic E-state index is 6.31. The fourth-order valence-electron chi connectivity index (χ4n) is 20.5. The molecule has 11 aromatic heterocycles. The summed E-state index contributed by atoms with van der Waals surface area (Å²) in [5.41, 5.74) is 27.8. The second-order valence-electron chi connectivity index (χ2n) is 36.5. The lowest BCUT2D eigenvalue weighted by atomic mass is 10.00. The Morgan fingerprint density at radius 1 is 0.103 bits per heavy atom. The molecule has 0 radical (unpaired) electrons. The normalized spacial score (nSPS) is 11.8. The Labute approximate surface area is 828 Å². The SMILES string of the molecule is c1ccc(-c2nc(-c3cccc(-c4ccc5oc6cc7oc8ccccc8c7cc6c5c4)c3)nc(-c3ccc4c(c3)oc3ccccc34)n2)cc1.c1ccc(-c2nc(-c3cccc(-c4ccc5oc6cc7oc8ccccc8c7cc6c5c4)c3)nc(-c3cccc4oc5ccccc5c34)n2)cc1.c1ccc(-c2nc(-c3ccccc3)nc(-c3cccc(-c4ccc5oc6cc7oc8ccccc8c7cc6c5c4)c3)n2)cc1. The summed E-state index contributed by atoms with van der Waals surface area (Å²) in [6.07, 6.45) is 0. The van der Waals surface area contributed by atoms with E-state index in [1.165, 1.54) is 0 Å². The Morgan fingerprint density at radius 2 is 0.308 bits per heavy atom. The summed E-state index contributed by atoms with van der Waals surface area (Å²) in [4.78, 5) is 44.8. The molecule has 0 aliphatic carbocycles. The quantitative estimate of drug-likeness (QED) is 0.111. The summed E-state index contributed by atoms with van der Waals surface area (Å²) < 4.78 is 49.7. The Balaban J connectivity index is 0.000000104. The van der Waals surface area contributed by atoms with Crippen LogP contribution in [0, 0.1) is 0 Å². The van der Waals surface area contributed by atoms with Crippen molar-refractivity contribution in [1.29, 1.82) is 0 Å². The van der Waals surface area contributed by atoms with Gasteiger partial charge in [0, 0.05) is 154 Å². The number of hydrogen-bond acceptors (Lipinski definition) is 17. The molecule has 0 saturated carbocycles. The molecule has 0 aliphatic rings. The summed E-state index contributed by atoms with van der Waals surface area (Å²) in [7, 11) is 0. The number of rotatable bonds is 12. The summed E-state index contributed by atoms with van der Waals surface area (Å²) in [6, 6.07) is 150. The maximum atomic E-state index is 6.31. The summed E-state index contributed by atoms with van der Waals surface area (Å²) >= 11 is 0. The van der Waals surface area contributed by atoms with E-state index in [4.69, 9.17) is 80.2 Å². The van der Waals surface area contributed by atoms with E-state index in [1.807, 2.05) is 273 Å². The van der Waals surface area contributed by atoms with Crippen LogP contribution in [-0.2, 0) is 0 Å². The van der Waals surface area contributed by atoms with Crippen LogP contribution in [0.3, 0.4) is 0 Å². The molecule has 0 aliphatic heterocycles. The molecule has 31 aromatic rings. The van der Waals surface area contributed by atoms with Crippen LogP contribution in [0.15, 0.2) is 478 Å². The predicted molar refractivity (Wildman–Crippen MR) is 583 cm³/mol.